The van der Waals surface area contributed by atoms with E-state index in [9.17, 15) is 18.0 Å². The number of alkyl halides is 3. The number of nitrogens with zero attached hydrogens (tertiary/aromatic N) is 4. The van der Waals surface area contributed by atoms with Gasteiger partial charge in [-0.2, -0.15) is 18.2 Å². The second kappa shape index (κ2) is 9.09. The standard InChI is InChI=1S/C16H23F3N6O2/c1-10-12(4-5-13(26)21-7-6-20-8-9-27-3)11(2)25-15(22-10)23-14(24-25)16(17,18)19/h20H,4-9H2,1-3H3,(H,21,26). The molecular formula is C16H23F3N6O2. The van der Waals surface area contributed by atoms with Crippen LogP contribution in [0.3, 0.4) is 0 Å². The van der Waals surface area contributed by atoms with Crippen LogP contribution in [0.2, 0.25) is 0 Å². The van der Waals surface area contributed by atoms with Crippen molar-refractivity contribution in [3.63, 3.8) is 0 Å². The third kappa shape index (κ3) is 5.60. The van der Waals surface area contributed by atoms with E-state index >= 15 is 0 Å². The molecule has 0 radical (unpaired) electrons. The molecule has 0 aromatic carbocycles. The molecule has 8 nitrogen and oxygen atoms in total. The molecule has 2 rings (SSSR count). The number of amides is 1. The SMILES string of the molecule is COCCNCCNC(=O)CCc1c(C)nc2nc(C(F)(F)F)nn2c1C. The van der Waals surface area contributed by atoms with Gasteiger partial charge in [-0.25, -0.2) is 9.50 Å². The maximum absolute atomic E-state index is 12.8. The van der Waals surface area contributed by atoms with Crippen LogP contribution in [-0.4, -0.2) is 58.8 Å². The Morgan fingerprint density at radius 3 is 2.59 bits per heavy atom. The first-order chi connectivity index (χ1) is 12.7. The number of carbonyl (C=O) groups is 1. The predicted molar refractivity (Wildman–Crippen MR) is 91.3 cm³/mol. The summed E-state index contributed by atoms with van der Waals surface area (Å²) in [7, 11) is 1.61. The fraction of sp³-hybridized carbons (Fsp3) is 0.625. The lowest BCUT2D eigenvalue weighted by Crippen LogP contribution is -2.33. The molecule has 0 aliphatic rings. The van der Waals surface area contributed by atoms with Crippen molar-refractivity contribution in [2.24, 2.45) is 0 Å². The van der Waals surface area contributed by atoms with Crippen molar-refractivity contribution < 1.29 is 22.7 Å². The molecule has 2 aromatic heterocycles. The number of rotatable bonds is 9. The van der Waals surface area contributed by atoms with E-state index < -0.39 is 12.0 Å². The summed E-state index contributed by atoms with van der Waals surface area (Å²) < 4.78 is 44.4. The summed E-state index contributed by atoms with van der Waals surface area (Å²) in [5.74, 6) is -1.47. The van der Waals surface area contributed by atoms with Crippen LogP contribution in [-0.2, 0) is 22.1 Å². The molecule has 0 spiro atoms. The topological polar surface area (TPSA) is 93.4 Å². The number of nitrogens with one attached hydrogen (secondary N) is 2. The molecule has 0 bridgehead atoms. The molecule has 0 saturated heterocycles. The Bertz CT molecular complexity index is 791. The van der Waals surface area contributed by atoms with Gasteiger partial charge in [-0.1, -0.05) is 0 Å². The van der Waals surface area contributed by atoms with E-state index in [0.717, 1.165) is 4.52 Å². The number of hydrogen-bond acceptors (Lipinski definition) is 6. The molecule has 150 valence electrons. The molecule has 2 aromatic rings. The summed E-state index contributed by atoms with van der Waals surface area (Å²) in [5, 5.41) is 9.39. The molecule has 2 heterocycles. The Kier molecular flexibility index (Phi) is 7.08. The number of halogens is 3. The van der Waals surface area contributed by atoms with Crippen LogP contribution in [0, 0.1) is 13.8 Å². The largest absolute Gasteiger partial charge is 0.453 e. The minimum Gasteiger partial charge on any atom is -0.383 e. The van der Waals surface area contributed by atoms with E-state index in [4.69, 9.17) is 4.74 Å². The Morgan fingerprint density at radius 1 is 1.19 bits per heavy atom. The number of aryl methyl sites for hydroxylation is 2. The van der Waals surface area contributed by atoms with E-state index in [1.54, 1.807) is 21.0 Å². The monoisotopic (exact) mass is 388 g/mol. The lowest BCUT2D eigenvalue weighted by molar-refractivity contribution is -0.144. The zero-order valence-corrected chi connectivity index (χ0v) is 15.5. The number of hydrogen-bond donors (Lipinski definition) is 2. The molecular weight excluding hydrogens is 365 g/mol. The highest BCUT2D eigenvalue weighted by atomic mass is 19.4. The van der Waals surface area contributed by atoms with Crippen molar-refractivity contribution in [3.05, 3.63) is 22.8 Å². The minimum atomic E-state index is -4.63. The first kappa shape index (κ1) is 21.0. The number of carbonyl (C=O) groups excluding carboxylic acids is 1. The van der Waals surface area contributed by atoms with Crippen LogP contribution in [0.25, 0.3) is 5.78 Å². The summed E-state index contributed by atoms with van der Waals surface area (Å²) in [6.07, 6.45) is -4.08. The molecule has 0 unspecified atom stereocenters. The van der Waals surface area contributed by atoms with Gasteiger partial charge in [-0.15, -0.1) is 5.10 Å². The maximum Gasteiger partial charge on any atom is 0.453 e. The van der Waals surface area contributed by atoms with Gasteiger partial charge in [0.25, 0.3) is 11.6 Å². The van der Waals surface area contributed by atoms with Gasteiger partial charge in [0.05, 0.1) is 6.61 Å². The van der Waals surface area contributed by atoms with Gasteiger partial charge in [0, 0.05) is 44.6 Å². The maximum atomic E-state index is 12.8. The van der Waals surface area contributed by atoms with Gasteiger partial charge in [0.1, 0.15) is 0 Å². The number of fused-ring (bicyclic) bond motifs is 1. The van der Waals surface area contributed by atoms with E-state index in [0.29, 0.717) is 49.6 Å². The Morgan fingerprint density at radius 2 is 1.93 bits per heavy atom. The number of aromatic nitrogens is 4. The minimum absolute atomic E-state index is 0.104. The van der Waals surface area contributed by atoms with Crippen LogP contribution in [0.4, 0.5) is 13.2 Å². The Labute approximate surface area is 154 Å². The quantitative estimate of drug-likeness (QED) is 0.624. The zero-order chi connectivity index (χ0) is 20.0. The first-order valence-corrected chi connectivity index (χ1v) is 8.50. The van der Waals surface area contributed by atoms with Crippen LogP contribution < -0.4 is 10.6 Å². The molecule has 0 fully saturated rings. The van der Waals surface area contributed by atoms with Gasteiger partial charge >= 0.3 is 6.18 Å². The molecule has 0 atom stereocenters. The fourth-order valence-electron chi connectivity index (χ4n) is 2.61. The van der Waals surface area contributed by atoms with E-state index in [-0.39, 0.29) is 18.1 Å². The summed E-state index contributed by atoms with van der Waals surface area (Å²) in [6, 6.07) is 0. The second-order valence-corrected chi connectivity index (χ2v) is 6.00. The molecule has 1 amide bonds. The van der Waals surface area contributed by atoms with Gasteiger partial charge in [0.15, 0.2) is 0 Å². The highest BCUT2D eigenvalue weighted by Gasteiger charge is 2.36. The fourth-order valence-corrected chi connectivity index (χ4v) is 2.61. The third-order valence-corrected chi connectivity index (χ3v) is 4.01. The first-order valence-electron chi connectivity index (χ1n) is 8.50. The predicted octanol–water partition coefficient (Wildman–Crippen LogP) is 1.04. The van der Waals surface area contributed by atoms with Gasteiger partial charge in [0.2, 0.25) is 5.91 Å². The van der Waals surface area contributed by atoms with Crippen molar-refractivity contribution in [2.75, 3.05) is 33.4 Å². The molecule has 0 saturated carbocycles. The van der Waals surface area contributed by atoms with Crippen molar-refractivity contribution in [2.45, 2.75) is 32.9 Å². The molecule has 2 N–H and O–H groups in total. The van der Waals surface area contributed by atoms with E-state index in [1.165, 1.54) is 0 Å². The van der Waals surface area contributed by atoms with Crippen LogP contribution in [0.15, 0.2) is 0 Å². The summed E-state index contributed by atoms with van der Waals surface area (Å²) >= 11 is 0. The van der Waals surface area contributed by atoms with Gasteiger partial charge < -0.3 is 15.4 Å². The van der Waals surface area contributed by atoms with E-state index in [2.05, 4.69) is 25.7 Å². The molecule has 11 heteroatoms. The average molecular weight is 388 g/mol. The highest BCUT2D eigenvalue weighted by Crippen LogP contribution is 2.27. The zero-order valence-electron chi connectivity index (χ0n) is 15.5. The summed E-state index contributed by atoms with van der Waals surface area (Å²) in [6.45, 7) is 5.73. The van der Waals surface area contributed by atoms with Crippen molar-refractivity contribution in [3.8, 4) is 0 Å². The van der Waals surface area contributed by atoms with Crippen molar-refractivity contribution in [1.29, 1.82) is 0 Å². The number of ether oxygens (including phenoxy) is 1. The lowest BCUT2D eigenvalue weighted by Gasteiger charge is -2.11. The Balaban J connectivity index is 1.97. The normalized spacial score (nSPS) is 11.9. The van der Waals surface area contributed by atoms with Gasteiger partial charge in [-0.05, 0) is 25.8 Å². The Hall–Kier alpha value is -2.27. The summed E-state index contributed by atoms with van der Waals surface area (Å²) in [4.78, 5) is 19.5. The van der Waals surface area contributed by atoms with E-state index in [1.807, 2.05) is 0 Å². The molecule has 0 aliphatic heterocycles. The van der Waals surface area contributed by atoms with Crippen molar-refractivity contribution in [1.82, 2.24) is 30.2 Å². The third-order valence-electron chi connectivity index (χ3n) is 4.01. The average Bonchev–Trinajstić information content (AvgIpc) is 3.02. The highest BCUT2D eigenvalue weighted by molar-refractivity contribution is 5.76. The van der Waals surface area contributed by atoms with Crippen molar-refractivity contribution >= 4 is 11.7 Å². The lowest BCUT2D eigenvalue weighted by atomic mass is 10.1. The smallest absolute Gasteiger partial charge is 0.383 e. The van der Waals surface area contributed by atoms with Crippen LogP contribution >= 0.6 is 0 Å². The second-order valence-electron chi connectivity index (χ2n) is 6.00. The van der Waals surface area contributed by atoms with Crippen LogP contribution in [0.5, 0.6) is 0 Å². The summed E-state index contributed by atoms with van der Waals surface area (Å²) in [5.41, 5.74) is 1.72. The van der Waals surface area contributed by atoms with Crippen LogP contribution in [0.1, 0.15) is 29.2 Å². The van der Waals surface area contributed by atoms with Gasteiger partial charge in [-0.3, -0.25) is 4.79 Å². The molecule has 0 aliphatic carbocycles. The number of methoxy groups -OCH3 is 1. The molecule has 27 heavy (non-hydrogen) atoms.